The van der Waals surface area contributed by atoms with Crippen molar-refractivity contribution in [1.82, 2.24) is 4.98 Å². The van der Waals surface area contributed by atoms with E-state index in [1.807, 2.05) is 24.0 Å². The maximum Gasteiger partial charge on any atom is 0.373 e. The molecule has 2 fully saturated rings. The number of piperidine rings is 1. The van der Waals surface area contributed by atoms with Gasteiger partial charge in [-0.3, -0.25) is 0 Å². The lowest BCUT2D eigenvalue weighted by Crippen LogP contribution is -2.28. The van der Waals surface area contributed by atoms with Crippen molar-refractivity contribution >= 4 is 11.8 Å². The number of aromatic nitrogens is 1. The number of rotatable bonds is 4. The van der Waals surface area contributed by atoms with E-state index in [9.17, 15) is 13.6 Å². The molecule has 0 spiro atoms. The summed E-state index contributed by atoms with van der Waals surface area (Å²) in [7, 11) is 1.30. The molecule has 2 aromatic rings. The second kappa shape index (κ2) is 5.54. The van der Waals surface area contributed by atoms with Crippen LogP contribution in [0, 0.1) is 18.8 Å². The highest BCUT2D eigenvalue weighted by molar-refractivity contribution is 5.86. The van der Waals surface area contributed by atoms with E-state index in [2.05, 4.69) is 9.72 Å². The number of hydrogen-bond acceptors (Lipinski definition) is 5. The molecule has 0 N–H and O–H groups in total. The van der Waals surface area contributed by atoms with Crippen LogP contribution >= 0.6 is 0 Å². The molecule has 5 nitrogen and oxygen atoms in total. The van der Waals surface area contributed by atoms with Crippen LogP contribution in [0.15, 0.2) is 28.7 Å². The first-order chi connectivity index (χ1) is 11.9. The van der Waals surface area contributed by atoms with Crippen LogP contribution in [0.4, 0.5) is 14.6 Å². The highest BCUT2D eigenvalue weighted by Gasteiger charge is 2.71. The monoisotopic (exact) mass is 348 g/mol. The molecule has 0 radical (unpaired) electrons. The van der Waals surface area contributed by atoms with Crippen LogP contribution in [0.25, 0.3) is 0 Å². The number of furan rings is 1. The van der Waals surface area contributed by atoms with E-state index in [-0.39, 0.29) is 5.76 Å². The van der Waals surface area contributed by atoms with Crippen LogP contribution < -0.4 is 4.90 Å². The van der Waals surface area contributed by atoms with Crippen molar-refractivity contribution in [3.8, 4) is 0 Å². The number of fused-ring (bicyclic) bond motifs is 1. The maximum absolute atomic E-state index is 13.3. The van der Waals surface area contributed by atoms with Gasteiger partial charge in [-0.05, 0) is 30.7 Å². The number of alkyl halides is 2. The third-order valence-corrected chi connectivity index (χ3v) is 5.12. The smallest absolute Gasteiger partial charge is 0.373 e. The van der Waals surface area contributed by atoms with Crippen LogP contribution in [-0.2, 0) is 11.2 Å². The Morgan fingerprint density at radius 1 is 1.32 bits per heavy atom. The Morgan fingerprint density at radius 2 is 2.04 bits per heavy atom. The first-order valence-electron chi connectivity index (χ1n) is 8.16. The number of methoxy groups -OCH3 is 1. The average Bonchev–Trinajstić information content (AvgIpc) is 3.06. The standard InChI is InChI=1S/C18H18F2N2O3/c1-10-11(7-12-4-5-15(25-12)17(23)24-2)3-6-16(21-10)22-8-13-14(9-22)18(13,19)20/h3-6,13-14H,7-9H2,1-2H3. The van der Waals surface area contributed by atoms with Crippen LogP contribution in [0.1, 0.15) is 27.6 Å². The summed E-state index contributed by atoms with van der Waals surface area (Å²) in [4.78, 5) is 17.9. The number of anilines is 1. The van der Waals surface area contributed by atoms with E-state index in [4.69, 9.17) is 4.42 Å². The molecular formula is C18H18F2N2O3. The van der Waals surface area contributed by atoms with E-state index in [1.165, 1.54) is 7.11 Å². The predicted octanol–water partition coefficient (Wildman–Crippen LogP) is 3.06. The topological polar surface area (TPSA) is 55.6 Å². The van der Waals surface area contributed by atoms with Crippen LogP contribution in [0.5, 0.6) is 0 Å². The molecule has 1 saturated heterocycles. The molecule has 7 heteroatoms. The number of carbonyl (C=O) groups is 1. The Balaban J connectivity index is 1.46. The van der Waals surface area contributed by atoms with Gasteiger partial charge in [0.25, 0.3) is 5.92 Å². The molecule has 3 heterocycles. The fourth-order valence-electron chi connectivity index (χ4n) is 3.51. The predicted molar refractivity (Wildman–Crippen MR) is 86.0 cm³/mol. The highest BCUT2D eigenvalue weighted by Crippen LogP contribution is 2.59. The van der Waals surface area contributed by atoms with Crippen molar-refractivity contribution in [2.24, 2.45) is 11.8 Å². The van der Waals surface area contributed by atoms with Crippen molar-refractivity contribution in [1.29, 1.82) is 0 Å². The molecule has 2 aliphatic rings. The van der Waals surface area contributed by atoms with Gasteiger partial charge in [0.15, 0.2) is 0 Å². The molecule has 0 bridgehead atoms. The van der Waals surface area contributed by atoms with Crippen molar-refractivity contribution in [2.75, 3.05) is 25.1 Å². The summed E-state index contributed by atoms with van der Waals surface area (Å²) in [6.07, 6.45) is 0.499. The summed E-state index contributed by atoms with van der Waals surface area (Å²) >= 11 is 0. The van der Waals surface area contributed by atoms with E-state index < -0.39 is 23.7 Å². The summed E-state index contributed by atoms with van der Waals surface area (Å²) in [5.41, 5.74) is 1.78. The second-order valence-corrected chi connectivity index (χ2v) is 6.64. The molecule has 4 rings (SSSR count). The fraction of sp³-hybridized carbons (Fsp3) is 0.444. The van der Waals surface area contributed by atoms with Gasteiger partial charge in [-0.2, -0.15) is 0 Å². The van der Waals surface area contributed by atoms with E-state index >= 15 is 0 Å². The molecule has 1 saturated carbocycles. The van der Waals surface area contributed by atoms with Crippen LogP contribution in [0.2, 0.25) is 0 Å². The fourth-order valence-corrected chi connectivity index (χ4v) is 3.51. The van der Waals surface area contributed by atoms with E-state index in [0.717, 1.165) is 17.1 Å². The van der Waals surface area contributed by atoms with Gasteiger partial charge in [-0.15, -0.1) is 0 Å². The molecule has 2 aromatic heterocycles. The summed E-state index contributed by atoms with van der Waals surface area (Å²) in [5.74, 6) is -2.50. The summed E-state index contributed by atoms with van der Waals surface area (Å²) in [6.45, 7) is 2.61. The average molecular weight is 348 g/mol. The lowest BCUT2D eigenvalue weighted by Gasteiger charge is -2.21. The molecule has 1 aliphatic heterocycles. The lowest BCUT2D eigenvalue weighted by atomic mass is 10.1. The third kappa shape index (κ3) is 2.67. The first kappa shape index (κ1) is 16.1. The van der Waals surface area contributed by atoms with Crippen LogP contribution in [-0.4, -0.2) is 37.1 Å². The van der Waals surface area contributed by atoms with Gasteiger partial charge in [0, 0.05) is 25.2 Å². The maximum atomic E-state index is 13.3. The Morgan fingerprint density at radius 3 is 2.68 bits per heavy atom. The first-order valence-corrected chi connectivity index (χ1v) is 8.16. The van der Waals surface area contributed by atoms with Crippen molar-refractivity contribution in [3.05, 3.63) is 47.0 Å². The van der Waals surface area contributed by atoms with E-state index in [0.29, 0.717) is 25.3 Å². The number of nitrogens with zero attached hydrogens (tertiary/aromatic N) is 2. The number of carbonyl (C=O) groups excluding carboxylic acids is 1. The highest BCUT2D eigenvalue weighted by atomic mass is 19.3. The van der Waals surface area contributed by atoms with Crippen molar-refractivity contribution in [3.63, 3.8) is 0 Å². The minimum Gasteiger partial charge on any atom is -0.463 e. The number of halogens is 2. The lowest BCUT2D eigenvalue weighted by molar-refractivity contribution is 0.0563. The summed E-state index contributed by atoms with van der Waals surface area (Å²) < 4.78 is 36.7. The number of ether oxygens (including phenoxy) is 1. The molecule has 0 aromatic carbocycles. The molecular weight excluding hydrogens is 330 g/mol. The number of pyridine rings is 1. The van der Waals surface area contributed by atoms with Gasteiger partial charge < -0.3 is 14.1 Å². The summed E-state index contributed by atoms with van der Waals surface area (Å²) in [5, 5.41) is 0. The Hall–Kier alpha value is -2.44. The van der Waals surface area contributed by atoms with Crippen LogP contribution in [0.3, 0.4) is 0 Å². The molecule has 2 unspecified atom stereocenters. The van der Waals surface area contributed by atoms with Gasteiger partial charge in [0.05, 0.1) is 18.9 Å². The zero-order valence-electron chi connectivity index (χ0n) is 14.0. The minimum absolute atomic E-state index is 0.164. The van der Waals surface area contributed by atoms with E-state index in [1.54, 1.807) is 12.1 Å². The Labute approximate surface area is 143 Å². The minimum atomic E-state index is -2.48. The summed E-state index contributed by atoms with van der Waals surface area (Å²) in [6, 6.07) is 7.10. The Bertz CT molecular complexity index is 819. The SMILES string of the molecule is COC(=O)c1ccc(Cc2ccc(N3CC4C(C3)C4(F)F)nc2C)o1. The normalized spacial score (nSPS) is 23.4. The van der Waals surface area contributed by atoms with Gasteiger partial charge in [0.2, 0.25) is 5.76 Å². The molecule has 25 heavy (non-hydrogen) atoms. The van der Waals surface area contributed by atoms with Crippen molar-refractivity contribution in [2.45, 2.75) is 19.3 Å². The number of esters is 1. The molecule has 0 amide bonds. The van der Waals surface area contributed by atoms with Gasteiger partial charge >= 0.3 is 5.97 Å². The molecule has 132 valence electrons. The molecule has 2 atom stereocenters. The van der Waals surface area contributed by atoms with Gasteiger partial charge in [-0.25, -0.2) is 18.6 Å². The third-order valence-electron chi connectivity index (χ3n) is 5.12. The quantitative estimate of drug-likeness (QED) is 0.795. The number of hydrogen-bond donors (Lipinski definition) is 0. The second-order valence-electron chi connectivity index (χ2n) is 6.64. The molecule has 1 aliphatic carbocycles. The zero-order chi connectivity index (χ0) is 17.8. The van der Waals surface area contributed by atoms with Crippen molar-refractivity contribution < 1.29 is 22.7 Å². The number of aryl methyl sites for hydroxylation is 1. The largest absolute Gasteiger partial charge is 0.463 e. The zero-order valence-corrected chi connectivity index (χ0v) is 14.0. The Kier molecular flexibility index (Phi) is 3.56. The van der Waals surface area contributed by atoms with Gasteiger partial charge in [0.1, 0.15) is 11.6 Å². The van der Waals surface area contributed by atoms with Gasteiger partial charge in [-0.1, -0.05) is 6.07 Å².